The van der Waals surface area contributed by atoms with Crippen molar-refractivity contribution >= 4 is 8.19 Å². The third kappa shape index (κ3) is 2.05. The predicted octanol–water partition coefficient (Wildman–Crippen LogP) is 5.05. The zero-order valence-corrected chi connectivity index (χ0v) is 10.4. The van der Waals surface area contributed by atoms with Gasteiger partial charge in [0.1, 0.15) is 0 Å². The van der Waals surface area contributed by atoms with Crippen molar-refractivity contribution < 1.29 is 0 Å². The first-order valence-corrected chi connectivity index (χ1v) is 6.81. The molecule has 1 unspecified atom stereocenters. The molecule has 0 bridgehead atoms. The lowest BCUT2D eigenvalue weighted by Crippen LogP contribution is -1.77. The van der Waals surface area contributed by atoms with Gasteiger partial charge < -0.3 is 0 Å². The molecule has 1 atom stereocenters. The Kier molecular flexibility index (Phi) is 2.81. The molecule has 0 amide bonds. The van der Waals surface area contributed by atoms with E-state index in [0.29, 0.717) is 0 Å². The third-order valence-electron chi connectivity index (χ3n) is 2.89. The molecule has 0 aliphatic rings. The molecular weight excluding hydrogens is 223 g/mol. The summed E-state index contributed by atoms with van der Waals surface area (Å²) in [5, 5.41) is 1.46. The maximum atomic E-state index is 2.27. The molecule has 0 aliphatic heterocycles. The van der Waals surface area contributed by atoms with Crippen LogP contribution in [0.2, 0.25) is 0 Å². The summed E-state index contributed by atoms with van der Waals surface area (Å²) in [6.45, 7) is 0. The lowest BCUT2D eigenvalue weighted by Gasteiger charge is -2.04. The van der Waals surface area contributed by atoms with Gasteiger partial charge in [-0.25, -0.2) is 0 Å². The minimum atomic E-state index is 0.782. The normalized spacial score (nSPS) is 10.8. The molecule has 0 saturated heterocycles. The van der Waals surface area contributed by atoms with Crippen LogP contribution in [0.4, 0.5) is 0 Å². The van der Waals surface area contributed by atoms with Crippen LogP contribution in [-0.2, 0) is 0 Å². The van der Waals surface area contributed by atoms with Crippen molar-refractivity contribution in [3.05, 3.63) is 72.5 Å². The average Bonchev–Trinajstić information content (AvgIpc) is 2.90. The molecule has 0 fully saturated rings. The predicted molar refractivity (Wildman–Crippen MR) is 76.8 cm³/mol. The van der Waals surface area contributed by atoms with Crippen LogP contribution in [0.25, 0.3) is 22.0 Å². The van der Waals surface area contributed by atoms with Gasteiger partial charge in [-0.2, -0.15) is 0 Å². The zero-order valence-electron chi connectivity index (χ0n) is 9.43. The van der Waals surface area contributed by atoms with Crippen LogP contribution in [0.3, 0.4) is 0 Å². The van der Waals surface area contributed by atoms with E-state index in [9.17, 15) is 0 Å². The minimum absolute atomic E-state index is 0.782. The van der Waals surface area contributed by atoms with Gasteiger partial charge in [-0.15, -0.1) is 8.19 Å². The summed E-state index contributed by atoms with van der Waals surface area (Å²) >= 11 is 0. The van der Waals surface area contributed by atoms with Crippen LogP contribution in [0.15, 0.2) is 72.5 Å². The highest BCUT2D eigenvalue weighted by Gasteiger charge is 2.06. The van der Waals surface area contributed by atoms with E-state index in [0.717, 1.165) is 8.19 Å². The fourth-order valence-electron chi connectivity index (χ4n) is 2.07. The van der Waals surface area contributed by atoms with E-state index in [1.165, 1.54) is 22.0 Å². The van der Waals surface area contributed by atoms with Crippen LogP contribution in [0.1, 0.15) is 0 Å². The fraction of sp³-hybridized carbons (Fsp3) is 0. The van der Waals surface area contributed by atoms with Crippen molar-refractivity contribution in [3.63, 3.8) is 0 Å². The molecule has 0 radical (unpaired) electrons. The first-order valence-electron chi connectivity index (χ1n) is 5.73. The molecule has 0 spiro atoms. The van der Waals surface area contributed by atoms with Gasteiger partial charge in [0.05, 0.1) is 0 Å². The monoisotopic (exact) mass is 236 g/mol. The second-order valence-corrected chi connectivity index (χ2v) is 5.12. The Bertz CT molecular complexity index is 540. The Labute approximate surface area is 103 Å². The summed E-state index contributed by atoms with van der Waals surface area (Å²) in [7, 11) is 0.782. The number of benzene rings is 2. The van der Waals surface area contributed by atoms with Gasteiger partial charge >= 0.3 is 0 Å². The van der Waals surface area contributed by atoms with Crippen molar-refractivity contribution in [1.82, 2.24) is 0 Å². The fourth-order valence-corrected chi connectivity index (χ4v) is 3.20. The molecule has 2 aromatic carbocycles. The highest BCUT2D eigenvalue weighted by molar-refractivity contribution is 7.33. The smallest absolute Gasteiger partial charge is 0.00600 e. The van der Waals surface area contributed by atoms with E-state index in [4.69, 9.17) is 0 Å². The summed E-state index contributed by atoms with van der Waals surface area (Å²) in [5.74, 6) is 2.27. The van der Waals surface area contributed by atoms with Crippen molar-refractivity contribution in [1.29, 1.82) is 0 Å². The highest BCUT2D eigenvalue weighted by atomic mass is 31.0. The molecule has 0 nitrogen and oxygen atoms in total. The highest BCUT2D eigenvalue weighted by Crippen LogP contribution is 2.39. The summed E-state index contributed by atoms with van der Waals surface area (Å²) < 4.78 is 0. The molecule has 0 N–H and O–H groups in total. The molecule has 17 heavy (non-hydrogen) atoms. The Morgan fingerprint density at radius 3 is 1.82 bits per heavy atom. The van der Waals surface area contributed by atoms with Gasteiger partial charge in [0.2, 0.25) is 0 Å². The number of hydrogen-bond donors (Lipinski definition) is 0. The van der Waals surface area contributed by atoms with E-state index in [-0.39, 0.29) is 0 Å². The van der Waals surface area contributed by atoms with Crippen molar-refractivity contribution in [3.8, 4) is 22.0 Å². The van der Waals surface area contributed by atoms with Crippen LogP contribution in [0, 0.1) is 0 Å². The van der Waals surface area contributed by atoms with Gasteiger partial charge in [-0.05, 0) is 28.6 Å². The largest absolute Gasteiger partial charge is 0.131 e. The molecule has 3 aromatic rings. The summed E-state index contributed by atoms with van der Waals surface area (Å²) in [5.41, 5.74) is 4.03. The Morgan fingerprint density at radius 2 is 1.18 bits per heavy atom. The van der Waals surface area contributed by atoms with E-state index in [2.05, 4.69) is 72.5 Å². The Balaban J connectivity index is 2.13. The van der Waals surface area contributed by atoms with Crippen LogP contribution in [0.5, 0.6) is 0 Å². The Hall–Kier alpha value is -1.78. The zero-order chi connectivity index (χ0) is 11.5. The SMILES string of the molecule is c1ccc(-c2cc[pH]c2-c2ccccc2)cc1. The molecule has 1 heterocycles. The summed E-state index contributed by atoms with van der Waals surface area (Å²) in [6.07, 6.45) is 0. The van der Waals surface area contributed by atoms with Crippen molar-refractivity contribution in [2.75, 3.05) is 0 Å². The van der Waals surface area contributed by atoms with Crippen molar-refractivity contribution in [2.24, 2.45) is 0 Å². The number of hydrogen-bond acceptors (Lipinski definition) is 0. The van der Waals surface area contributed by atoms with E-state index < -0.39 is 0 Å². The van der Waals surface area contributed by atoms with E-state index in [1.54, 1.807) is 0 Å². The molecule has 82 valence electrons. The van der Waals surface area contributed by atoms with Crippen LogP contribution >= 0.6 is 8.19 Å². The lowest BCUT2D eigenvalue weighted by atomic mass is 10.0. The van der Waals surface area contributed by atoms with Gasteiger partial charge in [-0.3, -0.25) is 0 Å². The summed E-state index contributed by atoms with van der Waals surface area (Å²) in [4.78, 5) is 0. The molecule has 1 aromatic heterocycles. The first-order chi connectivity index (χ1) is 8.45. The van der Waals surface area contributed by atoms with E-state index >= 15 is 0 Å². The average molecular weight is 236 g/mol. The second-order valence-electron chi connectivity index (χ2n) is 4.00. The first kappa shape index (κ1) is 10.4. The van der Waals surface area contributed by atoms with Crippen molar-refractivity contribution in [2.45, 2.75) is 0 Å². The Morgan fingerprint density at radius 1 is 0.588 bits per heavy atom. The van der Waals surface area contributed by atoms with Crippen LogP contribution in [-0.4, -0.2) is 0 Å². The maximum Gasteiger partial charge on any atom is 0.00600 e. The quantitative estimate of drug-likeness (QED) is 0.584. The van der Waals surface area contributed by atoms with Crippen LogP contribution < -0.4 is 0 Å². The standard InChI is InChI=1S/C16H13P/c1-3-7-13(8-4-1)15-11-12-17-16(15)14-9-5-2-6-10-14/h1-12,17H. The minimum Gasteiger partial charge on any atom is -0.131 e. The van der Waals surface area contributed by atoms with Gasteiger partial charge in [0, 0.05) is 5.30 Å². The van der Waals surface area contributed by atoms with Gasteiger partial charge in [-0.1, -0.05) is 60.7 Å². The van der Waals surface area contributed by atoms with E-state index in [1.807, 2.05) is 0 Å². The maximum absolute atomic E-state index is 2.27. The van der Waals surface area contributed by atoms with Gasteiger partial charge in [0.15, 0.2) is 0 Å². The summed E-state index contributed by atoms with van der Waals surface area (Å²) in [6, 6.07) is 23.5. The topological polar surface area (TPSA) is 0 Å². The molecular formula is C16H13P. The number of rotatable bonds is 2. The molecule has 3 rings (SSSR count). The molecule has 1 heteroatoms. The van der Waals surface area contributed by atoms with Gasteiger partial charge in [0.25, 0.3) is 0 Å². The third-order valence-corrected chi connectivity index (χ3v) is 4.07. The lowest BCUT2D eigenvalue weighted by molar-refractivity contribution is 1.65. The molecule has 0 aliphatic carbocycles. The second kappa shape index (κ2) is 4.61. The molecule has 0 saturated carbocycles.